The Balaban J connectivity index is 1.99. The van der Waals surface area contributed by atoms with E-state index >= 15 is 0 Å². The molecule has 1 aliphatic rings. The van der Waals surface area contributed by atoms with Crippen molar-refractivity contribution in [3.05, 3.63) is 57.8 Å². The third-order valence-electron chi connectivity index (χ3n) is 3.24. The van der Waals surface area contributed by atoms with Gasteiger partial charge in [-0.15, -0.1) is 0 Å². The van der Waals surface area contributed by atoms with Gasteiger partial charge in [-0.25, -0.2) is 5.43 Å². The van der Waals surface area contributed by atoms with Crippen LogP contribution >= 0.6 is 0 Å². The molecule has 0 saturated heterocycles. The Hall–Kier alpha value is -3.22. The van der Waals surface area contributed by atoms with E-state index in [9.17, 15) is 14.9 Å². The number of carbonyl (C=O) groups is 1. The molecule has 1 aromatic heterocycles. The monoisotopic (exact) mass is 297 g/mol. The van der Waals surface area contributed by atoms with E-state index in [1.165, 1.54) is 6.07 Å². The molecule has 0 atom stereocenters. The van der Waals surface area contributed by atoms with Crippen molar-refractivity contribution in [2.45, 2.75) is 6.92 Å². The first-order chi connectivity index (χ1) is 10.6. The van der Waals surface area contributed by atoms with Crippen molar-refractivity contribution in [3.63, 3.8) is 0 Å². The second kappa shape index (κ2) is 5.28. The summed E-state index contributed by atoms with van der Waals surface area (Å²) in [5.74, 6) is 0.489. The summed E-state index contributed by atoms with van der Waals surface area (Å²) >= 11 is 0. The average molecular weight is 297 g/mol. The molecule has 0 saturated carbocycles. The number of hydrogen-bond donors (Lipinski definition) is 1. The molecule has 2 heterocycles. The highest BCUT2D eigenvalue weighted by Crippen LogP contribution is 2.31. The minimum atomic E-state index is -0.461. The highest BCUT2D eigenvalue weighted by atomic mass is 16.6. The molecule has 0 radical (unpaired) electrons. The van der Waals surface area contributed by atoms with Crippen LogP contribution in [0.2, 0.25) is 0 Å². The number of amides is 1. The summed E-state index contributed by atoms with van der Waals surface area (Å²) in [7, 11) is 0. The van der Waals surface area contributed by atoms with E-state index in [-0.39, 0.29) is 11.6 Å². The zero-order valence-electron chi connectivity index (χ0n) is 11.6. The van der Waals surface area contributed by atoms with Gasteiger partial charge >= 0.3 is 0 Å². The van der Waals surface area contributed by atoms with Gasteiger partial charge in [0.1, 0.15) is 11.5 Å². The van der Waals surface area contributed by atoms with Crippen molar-refractivity contribution in [3.8, 4) is 11.3 Å². The molecule has 1 amide bonds. The van der Waals surface area contributed by atoms with Gasteiger partial charge in [0.15, 0.2) is 0 Å². The fourth-order valence-corrected chi connectivity index (χ4v) is 2.15. The largest absolute Gasteiger partial charge is 0.456 e. The van der Waals surface area contributed by atoms with Crippen LogP contribution in [0.5, 0.6) is 0 Å². The second-order valence-corrected chi connectivity index (χ2v) is 4.67. The summed E-state index contributed by atoms with van der Waals surface area (Å²) in [6.45, 7) is 1.70. The van der Waals surface area contributed by atoms with E-state index in [2.05, 4.69) is 10.5 Å². The smallest absolute Gasteiger partial charge is 0.280 e. The van der Waals surface area contributed by atoms with Gasteiger partial charge in [-0.1, -0.05) is 12.1 Å². The molecule has 3 rings (SSSR count). The van der Waals surface area contributed by atoms with Crippen LogP contribution in [-0.4, -0.2) is 16.5 Å². The molecule has 22 heavy (non-hydrogen) atoms. The number of carbonyl (C=O) groups excluding carboxylic acids is 1. The van der Waals surface area contributed by atoms with Gasteiger partial charge in [-0.3, -0.25) is 14.9 Å². The van der Waals surface area contributed by atoms with Crippen LogP contribution < -0.4 is 5.43 Å². The normalized spacial score (nSPS) is 15.8. The van der Waals surface area contributed by atoms with Crippen LogP contribution in [0.4, 0.5) is 5.69 Å². The third-order valence-corrected chi connectivity index (χ3v) is 3.24. The number of nitro benzene ring substituents is 1. The van der Waals surface area contributed by atoms with Crippen LogP contribution in [0.15, 0.2) is 51.5 Å². The number of furan rings is 1. The minimum Gasteiger partial charge on any atom is -0.456 e. The van der Waals surface area contributed by atoms with E-state index in [0.29, 0.717) is 28.4 Å². The lowest BCUT2D eigenvalue weighted by molar-refractivity contribution is -0.384. The Morgan fingerprint density at radius 1 is 1.27 bits per heavy atom. The summed E-state index contributed by atoms with van der Waals surface area (Å²) in [6, 6.07) is 9.60. The quantitative estimate of drug-likeness (QED) is 0.535. The summed E-state index contributed by atoms with van der Waals surface area (Å²) in [5.41, 5.74) is 3.67. The van der Waals surface area contributed by atoms with Gasteiger partial charge in [0.25, 0.3) is 11.6 Å². The number of nitrogens with one attached hydrogen (secondary N) is 1. The predicted octanol–water partition coefficient (Wildman–Crippen LogP) is 2.74. The molecule has 2 aromatic rings. The van der Waals surface area contributed by atoms with E-state index in [1.54, 1.807) is 43.3 Å². The van der Waals surface area contributed by atoms with Crippen molar-refractivity contribution in [1.82, 2.24) is 5.43 Å². The molecular formula is C15H11N3O4. The van der Waals surface area contributed by atoms with Crippen molar-refractivity contribution in [2.75, 3.05) is 0 Å². The number of hydrazone groups is 1. The van der Waals surface area contributed by atoms with Crippen molar-refractivity contribution >= 4 is 23.4 Å². The Bertz CT molecular complexity index is 833. The number of para-hydroxylation sites is 1. The lowest BCUT2D eigenvalue weighted by atomic mass is 10.1. The van der Waals surface area contributed by atoms with Gasteiger partial charge in [0, 0.05) is 6.07 Å². The van der Waals surface area contributed by atoms with E-state index in [4.69, 9.17) is 4.42 Å². The van der Waals surface area contributed by atoms with Gasteiger partial charge in [0.05, 0.1) is 21.8 Å². The highest BCUT2D eigenvalue weighted by molar-refractivity contribution is 6.26. The van der Waals surface area contributed by atoms with E-state index in [0.717, 1.165) is 0 Å². The van der Waals surface area contributed by atoms with E-state index in [1.807, 2.05) is 0 Å². The lowest BCUT2D eigenvalue weighted by Gasteiger charge is -1.99. The third kappa shape index (κ3) is 2.39. The number of rotatable bonds is 3. The lowest BCUT2D eigenvalue weighted by Crippen LogP contribution is -2.12. The van der Waals surface area contributed by atoms with Crippen molar-refractivity contribution < 1.29 is 14.1 Å². The van der Waals surface area contributed by atoms with E-state index < -0.39 is 4.92 Å². The average Bonchev–Trinajstić information content (AvgIpc) is 3.09. The van der Waals surface area contributed by atoms with Crippen LogP contribution in [0.25, 0.3) is 17.4 Å². The fourth-order valence-electron chi connectivity index (χ4n) is 2.15. The molecule has 0 aliphatic carbocycles. The fraction of sp³-hybridized carbons (Fsp3) is 0.0667. The Kier molecular flexibility index (Phi) is 3.30. The molecule has 1 aliphatic heterocycles. The van der Waals surface area contributed by atoms with Crippen LogP contribution in [0, 0.1) is 10.1 Å². The first-order valence-electron chi connectivity index (χ1n) is 6.46. The highest BCUT2D eigenvalue weighted by Gasteiger charge is 2.20. The summed E-state index contributed by atoms with van der Waals surface area (Å²) in [5, 5.41) is 14.9. The maximum absolute atomic E-state index is 11.6. The maximum Gasteiger partial charge on any atom is 0.280 e. The molecule has 0 spiro atoms. The predicted molar refractivity (Wildman–Crippen MR) is 80.0 cm³/mol. The molecule has 0 bridgehead atoms. The standard InChI is InChI=1S/C15H11N3O4/c1-9-12(15(19)17-16-9)8-10-6-7-14(22-10)11-4-2-3-5-13(11)18(20)21/h2-8H,1H3,(H,17,19)/b12-8+. The zero-order valence-corrected chi connectivity index (χ0v) is 11.6. The summed E-state index contributed by atoms with van der Waals surface area (Å²) in [6.07, 6.45) is 1.56. The molecule has 1 N–H and O–H groups in total. The Labute approximate surface area is 125 Å². The number of nitrogens with zero attached hydrogens (tertiary/aromatic N) is 2. The summed E-state index contributed by atoms with van der Waals surface area (Å²) in [4.78, 5) is 22.2. The first-order valence-corrected chi connectivity index (χ1v) is 6.46. The first kappa shape index (κ1) is 13.7. The Morgan fingerprint density at radius 3 is 2.73 bits per heavy atom. The van der Waals surface area contributed by atoms with Crippen molar-refractivity contribution in [2.24, 2.45) is 5.10 Å². The molecule has 7 heteroatoms. The Morgan fingerprint density at radius 2 is 2.05 bits per heavy atom. The molecule has 0 unspecified atom stereocenters. The van der Waals surface area contributed by atoms with Gasteiger partial charge in [-0.05, 0) is 31.2 Å². The molecular weight excluding hydrogens is 286 g/mol. The van der Waals surface area contributed by atoms with Crippen LogP contribution in [-0.2, 0) is 4.79 Å². The van der Waals surface area contributed by atoms with Crippen LogP contribution in [0.1, 0.15) is 12.7 Å². The van der Waals surface area contributed by atoms with Gasteiger partial charge in [0.2, 0.25) is 0 Å². The topological polar surface area (TPSA) is 97.7 Å². The number of benzene rings is 1. The maximum atomic E-state index is 11.6. The molecule has 0 fully saturated rings. The molecule has 7 nitrogen and oxygen atoms in total. The van der Waals surface area contributed by atoms with Gasteiger partial charge < -0.3 is 4.42 Å². The zero-order chi connectivity index (χ0) is 15.7. The molecule has 110 valence electrons. The van der Waals surface area contributed by atoms with Crippen LogP contribution in [0.3, 0.4) is 0 Å². The van der Waals surface area contributed by atoms with Gasteiger partial charge in [-0.2, -0.15) is 5.10 Å². The number of nitro groups is 1. The van der Waals surface area contributed by atoms with Crippen molar-refractivity contribution in [1.29, 1.82) is 0 Å². The second-order valence-electron chi connectivity index (χ2n) is 4.67. The minimum absolute atomic E-state index is 0.0348. The number of hydrogen-bond acceptors (Lipinski definition) is 5. The summed E-state index contributed by atoms with van der Waals surface area (Å²) < 4.78 is 5.60. The molecule has 1 aromatic carbocycles. The SMILES string of the molecule is CC1=NNC(=O)/C1=C/c1ccc(-c2ccccc2[N+](=O)[O-])o1.